The van der Waals surface area contributed by atoms with E-state index in [4.69, 9.17) is 9.47 Å². The van der Waals surface area contributed by atoms with Gasteiger partial charge < -0.3 is 14.8 Å². The van der Waals surface area contributed by atoms with Crippen LogP contribution in [0.25, 0.3) is 0 Å². The van der Waals surface area contributed by atoms with E-state index in [2.05, 4.69) is 20.4 Å². The van der Waals surface area contributed by atoms with Gasteiger partial charge >= 0.3 is 0 Å². The Labute approximate surface area is 118 Å². The molecule has 0 fully saturated rings. The fourth-order valence-electron chi connectivity index (χ4n) is 1.91. The van der Waals surface area contributed by atoms with Crippen molar-refractivity contribution in [3.05, 3.63) is 17.7 Å². The molecule has 7 heteroatoms. The standard InChI is InChI=1S/C13H19N5O2/c1-6-14-12-11(19-5)13(16-7-15-12)20-10-8(2)17-18(4)9(10)3/h7H,6H2,1-5H3,(H,14,15,16). The molecule has 20 heavy (non-hydrogen) atoms. The van der Waals surface area contributed by atoms with E-state index >= 15 is 0 Å². The zero-order valence-corrected chi connectivity index (χ0v) is 12.4. The lowest BCUT2D eigenvalue weighted by Crippen LogP contribution is -2.04. The second kappa shape index (κ2) is 5.77. The number of nitrogens with one attached hydrogen (secondary N) is 1. The van der Waals surface area contributed by atoms with Gasteiger partial charge in [0.15, 0.2) is 11.6 Å². The highest BCUT2D eigenvalue weighted by molar-refractivity contribution is 5.56. The molecule has 0 saturated carbocycles. The van der Waals surface area contributed by atoms with E-state index in [9.17, 15) is 0 Å². The molecule has 7 nitrogen and oxygen atoms in total. The Morgan fingerprint density at radius 2 is 2.00 bits per heavy atom. The highest BCUT2D eigenvalue weighted by Crippen LogP contribution is 2.36. The predicted octanol–water partition coefficient (Wildman–Crippen LogP) is 2.06. The largest absolute Gasteiger partial charge is 0.489 e. The zero-order valence-electron chi connectivity index (χ0n) is 12.4. The average Bonchev–Trinajstić information content (AvgIpc) is 2.66. The molecule has 2 heterocycles. The summed E-state index contributed by atoms with van der Waals surface area (Å²) in [5.74, 6) is 2.15. The monoisotopic (exact) mass is 277 g/mol. The van der Waals surface area contributed by atoms with Crippen molar-refractivity contribution in [1.29, 1.82) is 0 Å². The summed E-state index contributed by atoms with van der Waals surface area (Å²) in [4.78, 5) is 8.29. The Morgan fingerprint density at radius 1 is 1.25 bits per heavy atom. The van der Waals surface area contributed by atoms with Crippen LogP contribution in [0.5, 0.6) is 17.4 Å². The van der Waals surface area contributed by atoms with Gasteiger partial charge in [0.25, 0.3) is 5.88 Å². The van der Waals surface area contributed by atoms with Gasteiger partial charge in [-0.2, -0.15) is 10.1 Å². The lowest BCUT2D eigenvalue weighted by atomic mass is 10.3. The lowest BCUT2D eigenvalue weighted by molar-refractivity contribution is 0.367. The molecule has 0 atom stereocenters. The summed E-state index contributed by atoms with van der Waals surface area (Å²) in [6.45, 7) is 6.55. The van der Waals surface area contributed by atoms with Crippen LogP contribution in [-0.4, -0.2) is 33.4 Å². The third-order valence-corrected chi connectivity index (χ3v) is 2.96. The highest BCUT2D eigenvalue weighted by atomic mass is 16.5. The number of hydrogen-bond donors (Lipinski definition) is 1. The molecule has 0 spiro atoms. The maximum Gasteiger partial charge on any atom is 0.268 e. The fraction of sp³-hybridized carbons (Fsp3) is 0.462. The molecule has 1 N–H and O–H groups in total. The van der Waals surface area contributed by atoms with Gasteiger partial charge in [-0.05, 0) is 20.8 Å². The van der Waals surface area contributed by atoms with Gasteiger partial charge in [0.05, 0.1) is 12.8 Å². The number of methoxy groups -OCH3 is 1. The van der Waals surface area contributed by atoms with Crippen molar-refractivity contribution in [3.63, 3.8) is 0 Å². The van der Waals surface area contributed by atoms with E-state index in [-0.39, 0.29) is 0 Å². The van der Waals surface area contributed by atoms with Crippen LogP contribution in [-0.2, 0) is 7.05 Å². The van der Waals surface area contributed by atoms with Crippen molar-refractivity contribution < 1.29 is 9.47 Å². The topological polar surface area (TPSA) is 74.1 Å². The Bertz CT molecular complexity index is 609. The molecule has 0 amide bonds. The number of aromatic nitrogens is 4. The second-order valence-corrected chi connectivity index (χ2v) is 4.32. The van der Waals surface area contributed by atoms with E-state index in [1.807, 2.05) is 27.8 Å². The minimum atomic E-state index is 0.373. The maximum atomic E-state index is 5.87. The van der Waals surface area contributed by atoms with Crippen molar-refractivity contribution in [2.75, 3.05) is 19.0 Å². The van der Waals surface area contributed by atoms with Crippen molar-refractivity contribution in [2.24, 2.45) is 7.05 Å². The first-order chi connectivity index (χ1) is 9.58. The Kier molecular flexibility index (Phi) is 4.07. The van der Waals surface area contributed by atoms with Crippen LogP contribution in [0.4, 0.5) is 5.82 Å². The summed E-state index contributed by atoms with van der Waals surface area (Å²) >= 11 is 0. The van der Waals surface area contributed by atoms with Crippen LogP contribution in [0.2, 0.25) is 0 Å². The molecule has 2 aromatic rings. The van der Waals surface area contributed by atoms with Gasteiger partial charge in [-0.1, -0.05) is 0 Å². The molecule has 0 aliphatic rings. The van der Waals surface area contributed by atoms with Crippen LogP contribution >= 0.6 is 0 Å². The van der Waals surface area contributed by atoms with Gasteiger partial charge in [0.2, 0.25) is 5.75 Å². The molecule has 0 unspecified atom stereocenters. The van der Waals surface area contributed by atoms with E-state index in [0.717, 1.165) is 17.9 Å². The molecule has 108 valence electrons. The smallest absolute Gasteiger partial charge is 0.268 e. The van der Waals surface area contributed by atoms with Crippen LogP contribution in [0, 0.1) is 13.8 Å². The highest BCUT2D eigenvalue weighted by Gasteiger charge is 2.18. The van der Waals surface area contributed by atoms with Crippen LogP contribution in [0.3, 0.4) is 0 Å². The molecule has 0 saturated heterocycles. The third-order valence-electron chi connectivity index (χ3n) is 2.96. The van der Waals surface area contributed by atoms with Crippen LogP contribution in [0.15, 0.2) is 6.33 Å². The van der Waals surface area contributed by atoms with Gasteiger partial charge in [-0.15, -0.1) is 0 Å². The first-order valence-electron chi connectivity index (χ1n) is 6.39. The van der Waals surface area contributed by atoms with Crippen molar-refractivity contribution in [2.45, 2.75) is 20.8 Å². The molecule has 0 aliphatic heterocycles. The first-order valence-corrected chi connectivity index (χ1v) is 6.39. The Morgan fingerprint density at radius 3 is 2.55 bits per heavy atom. The number of nitrogens with zero attached hydrogens (tertiary/aromatic N) is 4. The Hall–Kier alpha value is -2.31. The van der Waals surface area contributed by atoms with Gasteiger partial charge in [0.1, 0.15) is 12.0 Å². The van der Waals surface area contributed by atoms with E-state index in [1.165, 1.54) is 6.33 Å². The summed E-state index contributed by atoms with van der Waals surface area (Å²) < 4.78 is 13.0. The number of ether oxygens (including phenoxy) is 2. The average molecular weight is 277 g/mol. The molecule has 0 radical (unpaired) electrons. The molecular weight excluding hydrogens is 258 g/mol. The van der Waals surface area contributed by atoms with Gasteiger partial charge in [-0.25, -0.2) is 4.98 Å². The predicted molar refractivity (Wildman–Crippen MR) is 75.5 cm³/mol. The summed E-state index contributed by atoms with van der Waals surface area (Å²) in [5.41, 5.74) is 1.73. The quantitative estimate of drug-likeness (QED) is 0.901. The summed E-state index contributed by atoms with van der Waals surface area (Å²) in [6, 6.07) is 0. The van der Waals surface area contributed by atoms with E-state index < -0.39 is 0 Å². The summed E-state index contributed by atoms with van der Waals surface area (Å²) in [7, 11) is 3.44. The molecular formula is C13H19N5O2. The van der Waals surface area contributed by atoms with Crippen molar-refractivity contribution >= 4 is 5.82 Å². The zero-order chi connectivity index (χ0) is 14.7. The van der Waals surface area contributed by atoms with Gasteiger partial charge in [0, 0.05) is 13.6 Å². The lowest BCUT2D eigenvalue weighted by Gasteiger charge is -2.12. The summed E-state index contributed by atoms with van der Waals surface area (Å²) in [6.07, 6.45) is 1.44. The minimum absolute atomic E-state index is 0.373. The number of aryl methyl sites for hydroxylation is 2. The Balaban J connectivity index is 2.40. The van der Waals surface area contributed by atoms with Crippen molar-refractivity contribution in [1.82, 2.24) is 19.7 Å². The van der Waals surface area contributed by atoms with E-state index in [1.54, 1.807) is 11.8 Å². The molecule has 2 aromatic heterocycles. The minimum Gasteiger partial charge on any atom is -0.489 e. The number of rotatable bonds is 5. The normalized spacial score (nSPS) is 10.4. The first kappa shape index (κ1) is 14.1. The van der Waals surface area contributed by atoms with E-state index in [0.29, 0.717) is 23.2 Å². The molecule has 0 bridgehead atoms. The SMILES string of the molecule is CCNc1ncnc(Oc2c(C)nn(C)c2C)c1OC. The molecule has 0 aliphatic carbocycles. The third kappa shape index (κ3) is 2.52. The fourth-order valence-corrected chi connectivity index (χ4v) is 1.91. The maximum absolute atomic E-state index is 5.87. The second-order valence-electron chi connectivity index (χ2n) is 4.32. The molecule has 0 aromatic carbocycles. The van der Waals surface area contributed by atoms with Crippen LogP contribution in [0.1, 0.15) is 18.3 Å². The van der Waals surface area contributed by atoms with Crippen LogP contribution < -0.4 is 14.8 Å². The molecule has 2 rings (SSSR count). The van der Waals surface area contributed by atoms with Crippen molar-refractivity contribution in [3.8, 4) is 17.4 Å². The summed E-state index contributed by atoms with van der Waals surface area (Å²) in [5, 5.41) is 7.42. The number of anilines is 1. The number of hydrogen-bond acceptors (Lipinski definition) is 6. The van der Waals surface area contributed by atoms with Gasteiger partial charge in [-0.3, -0.25) is 4.68 Å².